The SMILES string of the molecule is CC(C)(C)OC(=O)N1CCC(n2cccc2C(=O)Nc2ccn(Cc3ccccn3)n2)CC1. The molecular formula is C24H30N6O3. The van der Waals surface area contributed by atoms with Crippen LogP contribution in [-0.4, -0.2) is 54.9 Å². The third-order valence-corrected chi connectivity index (χ3v) is 5.45. The highest BCUT2D eigenvalue weighted by atomic mass is 16.6. The van der Waals surface area contributed by atoms with Crippen LogP contribution < -0.4 is 5.32 Å². The van der Waals surface area contributed by atoms with Crippen LogP contribution in [0.15, 0.2) is 55.0 Å². The molecule has 9 nitrogen and oxygen atoms in total. The van der Waals surface area contributed by atoms with Crippen molar-refractivity contribution in [1.29, 1.82) is 0 Å². The highest BCUT2D eigenvalue weighted by Gasteiger charge is 2.28. The molecule has 4 rings (SSSR count). The molecule has 0 aromatic carbocycles. The summed E-state index contributed by atoms with van der Waals surface area (Å²) in [7, 11) is 0. The summed E-state index contributed by atoms with van der Waals surface area (Å²) in [4.78, 5) is 31.3. The van der Waals surface area contributed by atoms with Gasteiger partial charge in [-0.1, -0.05) is 6.07 Å². The van der Waals surface area contributed by atoms with Crippen molar-refractivity contribution in [1.82, 2.24) is 24.2 Å². The molecule has 0 unspecified atom stereocenters. The molecule has 0 spiro atoms. The summed E-state index contributed by atoms with van der Waals surface area (Å²) in [6, 6.07) is 11.3. The quantitative estimate of drug-likeness (QED) is 0.635. The lowest BCUT2D eigenvalue weighted by molar-refractivity contribution is 0.0187. The second-order valence-corrected chi connectivity index (χ2v) is 9.17. The normalized spacial score (nSPS) is 14.8. The molecule has 174 valence electrons. The van der Waals surface area contributed by atoms with Gasteiger partial charge in [-0.3, -0.25) is 14.5 Å². The highest BCUT2D eigenvalue weighted by molar-refractivity contribution is 6.02. The van der Waals surface area contributed by atoms with Gasteiger partial charge < -0.3 is 19.5 Å². The number of piperidine rings is 1. The number of hydrogen-bond donors (Lipinski definition) is 1. The number of amides is 2. The molecule has 0 saturated carbocycles. The van der Waals surface area contributed by atoms with Gasteiger partial charge in [0.05, 0.1) is 12.2 Å². The van der Waals surface area contributed by atoms with E-state index in [2.05, 4.69) is 15.4 Å². The van der Waals surface area contributed by atoms with E-state index in [0.717, 1.165) is 18.5 Å². The number of nitrogens with one attached hydrogen (secondary N) is 1. The van der Waals surface area contributed by atoms with Gasteiger partial charge in [-0.15, -0.1) is 0 Å². The van der Waals surface area contributed by atoms with Crippen LogP contribution in [0.5, 0.6) is 0 Å². The second-order valence-electron chi connectivity index (χ2n) is 9.17. The van der Waals surface area contributed by atoms with Crippen molar-refractivity contribution in [3.63, 3.8) is 0 Å². The molecule has 2 amide bonds. The minimum absolute atomic E-state index is 0.140. The number of rotatable bonds is 5. The molecule has 1 fully saturated rings. The summed E-state index contributed by atoms with van der Waals surface area (Å²) in [5.41, 5.74) is 0.958. The van der Waals surface area contributed by atoms with Gasteiger partial charge in [-0.05, 0) is 57.9 Å². The first-order chi connectivity index (χ1) is 15.8. The van der Waals surface area contributed by atoms with Crippen LogP contribution in [0.4, 0.5) is 10.6 Å². The van der Waals surface area contributed by atoms with Gasteiger partial charge in [0.2, 0.25) is 0 Å². The Hall–Kier alpha value is -3.62. The molecule has 0 atom stereocenters. The maximum atomic E-state index is 13.0. The Balaban J connectivity index is 1.35. The number of likely N-dealkylation sites (tertiary alicyclic amines) is 1. The Morgan fingerprint density at radius 1 is 1.09 bits per heavy atom. The smallest absolute Gasteiger partial charge is 0.410 e. The Morgan fingerprint density at radius 2 is 1.88 bits per heavy atom. The molecule has 3 aromatic rings. The average molecular weight is 451 g/mol. The maximum Gasteiger partial charge on any atom is 0.410 e. The second kappa shape index (κ2) is 9.48. The van der Waals surface area contributed by atoms with Crippen molar-refractivity contribution in [2.24, 2.45) is 0 Å². The Kier molecular flexibility index (Phi) is 6.48. The monoisotopic (exact) mass is 450 g/mol. The number of carbonyl (C=O) groups excluding carboxylic acids is 2. The third-order valence-electron chi connectivity index (χ3n) is 5.45. The predicted octanol–water partition coefficient (Wildman–Crippen LogP) is 3.95. The summed E-state index contributed by atoms with van der Waals surface area (Å²) in [5, 5.41) is 7.32. The van der Waals surface area contributed by atoms with Gasteiger partial charge >= 0.3 is 6.09 Å². The lowest BCUT2D eigenvalue weighted by Crippen LogP contribution is -2.42. The van der Waals surface area contributed by atoms with Gasteiger partial charge in [-0.2, -0.15) is 5.10 Å². The number of hydrogen-bond acceptors (Lipinski definition) is 5. The number of carbonyl (C=O) groups is 2. The largest absolute Gasteiger partial charge is 0.444 e. The van der Waals surface area contributed by atoms with E-state index in [0.29, 0.717) is 31.1 Å². The lowest BCUT2D eigenvalue weighted by atomic mass is 10.0. The van der Waals surface area contributed by atoms with E-state index in [1.165, 1.54) is 0 Å². The zero-order valence-corrected chi connectivity index (χ0v) is 19.3. The Bertz CT molecular complexity index is 1090. The van der Waals surface area contributed by atoms with Gasteiger partial charge in [-0.25, -0.2) is 4.79 Å². The van der Waals surface area contributed by atoms with Gasteiger partial charge in [0.25, 0.3) is 5.91 Å². The molecule has 1 aliphatic rings. The minimum Gasteiger partial charge on any atom is -0.444 e. The number of nitrogens with zero attached hydrogens (tertiary/aromatic N) is 5. The van der Waals surface area contributed by atoms with Crippen molar-refractivity contribution in [2.45, 2.75) is 51.8 Å². The first-order valence-corrected chi connectivity index (χ1v) is 11.2. The fraction of sp³-hybridized carbons (Fsp3) is 0.417. The van der Waals surface area contributed by atoms with Crippen molar-refractivity contribution >= 4 is 17.8 Å². The highest BCUT2D eigenvalue weighted by Crippen LogP contribution is 2.26. The summed E-state index contributed by atoms with van der Waals surface area (Å²) < 4.78 is 9.21. The van der Waals surface area contributed by atoms with Crippen LogP contribution in [0.3, 0.4) is 0 Å². The summed E-state index contributed by atoms with van der Waals surface area (Å²) in [6.45, 7) is 7.31. The predicted molar refractivity (Wildman–Crippen MR) is 124 cm³/mol. The van der Waals surface area contributed by atoms with E-state index < -0.39 is 5.60 Å². The van der Waals surface area contributed by atoms with E-state index in [1.807, 2.05) is 62.0 Å². The summed E-state index contributed by atoms with van der Waals surface area (Å²) >= 11 is 0. The van der Waals surface area contributed by atoms with Crippen molar-refractivity contribution < 1.29 is 14.3 Å². The molecular weight excluding hydrogens is 420 g/mol. The average Bonchev–Trinajstić information content (AvgIpc) is 3.43. The molecule has 9 heteroatoms. The molecule has 4 heterocycles. The molecule has 1 aliphatic heterocycles. The number of pyridine rings is 1. The van der Waals surface area contributed by atoms with E-state index in [-0.39, 0.29) is 18.0 Å². The fourth-order valence-electron chi connectivity index (χ4n) is 3.91. The fourth-order valence-corrected chi connectivity index (χ4v) is 3.91. The van der Waals surface area contributed by atoms with Crippen LogP contribution in [0.25, 0.3) is 0 Å². The standard InChI is InChI=1S/C24H30N6O3/c1-24(2,3)33-23(32)28-14-9-19(10-15-28)30-13-6-8-20(30)22(31)26-21-11-16-29(27-21)17-18-7-4-5-12-25-18/h4-8,11-13,16,19H,9-10,14-15,17H2,1-3H3,(H,26,27,31). The maximum absolute atomic E-state index is 13.0. The zero-order valence-electron chi connectivity index (χ0n) is 19.3. The first kappa shape index (κ1) is 22.6. The van der Waals surface area contributed by atoms with E-state index in [9.17, 15) is 9.59 Å². The number of aromatic nitrogens is 4. The molecule has 3 aromatic heterocycles. The van der Waals surface area contributed by atoms with Crippen LogP contribution in [-0.2, 0) is 11.3 Å². The minimum atomic E-state index is -0.510. The van der Waals surface area contributed by atoms with Crippen molar-refractivity contribution in [3.8, 4) is 0 Å². The third kappa shape index (κ3) is 5.79. The van der Waals surface area contributed by atoms with E-state index in [4.69, 9.17) is 4.74 Å². The van der Waals surface area contributed by atoms with Crippen molar-refractivity contribution in [3.05, 3.63) is 66.4 Å². The van der Waals surface area contributed by atoms with E-state index in [1.54, 1.807) is 27.9 Å². The molecule has 1 saturated heterocycles. The molecule has 1 N–H and O–H groups in total. The summed E-state index contributed by atoms with van der Waals surface area (Å²) in [5.74, 6) is 0.279. The molecule has 0 radical (unpaired) electrons. The van der Waals surface area contributed by atoms with Gasteiger partial charge in [0.15, 0.2) is 5.82 Å². The number of ether oxygens (including phenoxy) is 1. The van der Waals surface area contributed by atoms with E-state index >= 15 is 0 Å². The molecule has 0 aliphatic carbocycles. The topological polar surface area (TPSA) is 94.3 Å². The van der Waals surface area contributed by atoms with Gasteiger partial charge in [0, 0.05) is 43.8 Å². The lowest BCUT2D eigenvalue weighted by Gasteiger charge is -2.34. The number of anilines is 1. The molecule has 0 bridgehead atoms. The first-order valence-electron chi connectivity index (χ1n) is 11.2. The summed E-state index contributed by atoms with van der Waals surface area (Å²) in [6.07, 6.45) is 6.71. The van der Waals surface area contributed by atoms with Gasteiger partial charge in [0.1, 0.15) is 11.3 Å². The van der Waals surface area contributed by atoms with Crippen LogP contribution in [0.1, 0.15) is 55.8 Å². The Labute approximate surface area is 193 Å². The molecule has 33 heavy (non-hydrogen) atoms. The zero-order chi connectivity index (χ0) is 23.4. The van der Waals surface area contributed by atoms with Crippen LogP contribution in [0.2, 0.25) is 0 Å². The van der Waals surface area contributed by atoms with Crippen LogP contribution in [0, 0.1) is 0 Å². The van der Waals surface area contributed by atoms with Crippen LogP contribution >= 0.6 is 0 Å². The van der Waals surface area contributed by atoms with Crippen molar-refractivity contribution in [2.75, 3.05) is 18.4 Å². The Morgan fingerprint density at radius 3 is 2.58 bits per heavy atom.